The minimum Gasteiger partial charge on any atom is -0.465 e. The Balaban J connectivity index is 2.67. The van der Waals surface area contributed by atoms with Gasteiger partial charge in [0.25, 0.3) is 0 Å². The van der Waals surface area contributed by atoms with Crippen molar-refractivity contribution < 1.29 is 9.53 Å². The van der Waals surface area contributed by atoms with E-state index >= 15 is 0 Å². The number of nitrogens with zero attached hydrogens (tertiary/aromatic N) is 1. The first-order valence-corrected chi connectivity index (χ1v) is 7.26. The van der Waals surface area contributed by atoms with Crippen molar-refractivity contribution in [3.63, 3.8) is 0 Å². The number of hydrogen-bond acceptors (Lipinski definition) is 4. The molecule has 0 bridgehead atoms. The molecule has 1 rings (SSSR count). The molecule has 0 aliphatic heterocycles. The number of carbonyl (C=O) groups excluding carboxylic acids is 1. The van der Waals surface area contributed by atoms with Crippen LogP contribution in [0.15, 0.2) is 24.3 Å². The van der Waals surface area contributed by atoms with E-state index in [9.17, 15) is 4.79 Å². The fourth-order valence-electron chi connectivity index (χ4n) is 1.96. The van der Waals surface area contributed by atoms with Crippen LogP contribution < -0.4 is 10.2 Å². The standard InChI is InChI=1S/C16H26N2O2/c1-5-11-17-15(16(19)20-6-2)12-18(4)14-9-7-13(3)8-10-14/h7-10,15,17H,5-6,11-12H2,1-4H3. The van der Waals surface area contributed by atoms with Gasteiger partial charge in [0.2, 0.25) is 0 Å². The highest BCUT2D eigenvalue weighted by Crippen LogP contribution is 2.13. The van der Waals surface area contributed by atoms with Crippen LogP contribution in [0.1, 0.15) is 25.8 Å². The smallest absolute Gasteiger partial charge is 0.324 e. The van der Waals surface area contributed by atoms with Crippen LogP contribution in [0.2, 0.25) is 0 Å². The molecule has 0 amide bonds. The Hall–Kier alpha value is -1.55. The van der Waals surface area contributed by atoms with Gasteiger partial charge < -0.3 is 15.0 Å². The molecule has 0 aliphatic carbocycles. The molecule has 1 atom stereocenters. The van der Waals surface area contributed by atoms with Gasteiger partial charge in [0.15, 0.2) is 0 Å². The van der Waals surface area contributed by atoms with Crippen molar-refractivity contribution in [1.82, 2.24) is 5.32 Å². The second kappa shape index (κ2) is 8.59. The third-order valence-electron chi connectivity index (χ3n) is 3.14. The number of nitrogens with one attached hydrogen (secondary N) is 1. The number of aryl methyl sites for hydroxylation is 1. The molecule has 0 saturated heterocycles. The first-order chi connectivity index (χ1) is 9.58. The molecule has 1 aromatic rings. The summed E-state index contributed by atoms with van der Waals surface area (Å²) in [6.07, 6.45) is 0.990. The topological polar surface area (TPSA) is 41.6 Å². The summed E-state index contributed by atoms with van der Waals surface area (Å²) in [7, 11) is 1.99. The Morgan fingerprint density at radius 2 is 1.95 bits per heavy atom. The van der Waals surface area contributed by atoms with E-state index in [0.717, 1.165) is 18.7 Å². The van der Waals surface area contributed by atoms with Crippen molar-refractivity contribution in [1.29, 1.82) is 0 Å². The van der Waals surface area contributed by atoms with Crippen molar-refractivity contribution in [2.75, 3.05) is 31.6 Å². The van der Waals surface area contributed by atoms with Gasteiger partial charge in [-0.3, -0.25) is 4.79 Å². The van der Waals surface area contributed by atoms with E-state index in [-0.39, 0.29) is 12.0 Å². The molecule has 1 aromatic carbocycles. The zero-order valence-electron chi connectivity index (χ0n) is 13.0. The predicted octanol–water partition coefficient (Wildman–Crippen LogP) is 2.36. The Bertz CT molecular complexity index is 403. The summed E-state index contributed by atoms with van der Waals surface area (Å²) in [4.78, 5) is 14.0. The summed E-state index contributed by atoms with van der Waals surface area (Å²) in [5.74, 6) is -0.181. The summed E-state index contributed by atoms with van der Waals surface area (Å²) in [6, 6.07) is 7.99. The van der Waals surface area contributed by atoms with Gasteiger partial charge in [-0.2, -0.15) is 0 Å². The van der Waals surface area contributed by atoms with Crippen molar-refractivity contribution in [2.45, 2.75) is 33.2 Å². The molecule has 0 radical (unpaired) electrons. The van der Waals surface area contributed by atoms with Gasteiger partial charge in [-0.15, -0.1) is 0 Å². The van der Waals surface area contributed by atoms with Crippen molar-refractivity contribution in [2.24, 2.45) is 0 Å². The number of anilines is 1. The minimum absolute atomic E-state index is 0.181. The lowest BCUT2D eigenvalue weighted by Gasteiger charge is -2.25. The first-order valence-electron chi connectivity index (χ1n) is 7.26. The fourth-order valence-corrected chi connectivity index (χ4v) is 1.96. The van der Waals surface area contributed by atoms with E-state index in [1.165, 1.54) is 5.56 Å². The lowest BCUT2D eigenvalue weighted by molar-refractivity contribution is -0.145. The summed E-state index contributed by atoms with van der Waals surface area (Å²) in [6.45, 7) is 7.80. The van der Waals surface area contributed by atoms with Gasteiger partial charge in [-0.25, -0.2) is 0 Å². The number of rotatable bonds is 8. The number of benzene rings is 1. The van der Waals surface area contributed by atoms with Gasteiger partial charge in [0, 0.05) is 19.3 Å². The number of ether oxygens (including phenoxy) is 1. The van der Waals surface area contributed by atoms with E-state index in [0.29, 0.717) is 13.2 Å². The predicted molar refractivity (Wildman–Crippen MR) is 83.2 cm³/mol. The largest absolute Gasteiger partial charge is 0.465 e. The highest BCUT2D eigenvalue weighted by atomic mass is 16.5. The number of esters is 1. The van der Waals surface area contributed by atoms with Crippen LogP contribution in [0.4, 0.5) is 5.69 Å². The molecule has 112 valence electrons. The van der Waals surface area contributed by atoms with Crippen LogP contribution >= 0.6 is 0 Å². The molecule has 0 heterocycles. The number of hydrogen-bond donors (Lipinski definition) is 1. The van der Waals surface area contributed by atoms with Crippen molar-refractivity contribution in [3.8, 4) is 0 Å². The summed E-state index contributed by atoms with van der Waals surface area (Å²) in [5, 5.41) is 3.25. The van der Waals surface area contributed by atoms with Crippen LogP contribution in [0, 0.1) is 6.92 Å². The van der Waals surface area contributed by atoms with E-state index < -0.39 is 0 Å². The van der Waals surface area contributed by atoms with Crippen LogP contribution in [-0.4, -0.2) is 38.8 Å². The van der Waals surface area contributed by atoms with Gasteiger partial charge in [0.1, 0.15) is 6.04 Å². The summed E-state index contributed by atoms with van der Waals surface area (Å²) < 4.78 is 5.13. The lowest BCUT2D eigenvalue weighted by Crippen LogP contribution is -2.46. The first kappa shape index (κ1) is 16.5. The van der Waals surface area contributed by atoms with Gasteiger partial charge in [-0.05, 0) is 38.9 Å². The van der Waals surface area contributed by atoms with E-state index in [1.807, 2.05) is 14.0 Å². The average Bonchev–Trinajstić information content (AvgIpc) is 2.44. The Morgan fingerprint density at radius 3 is 2.50 bits per heavy atom. The maximum Gasteiger partial charge on any atom is 0.324 e. The van der Waals surface area contributed by atoms with E-state index in [1.54, 1.807) is 0 Å². The summed E-state index contributed by atoms with van der Waals surface area (Å²) >= 11 is 0. The monoisotopic (exact) mass is 278 g/mol. The van der Waals surface area contributed by atoms with Gasteiger partial charge in [-0.1, -0.05) is 24.6 Å². The third kappa shape index (κ3) is 5.21. The molecule has 0 spiro atoms. The SMILES string of the molecule is CCCNC(CN(C)c1ccc(C)cc1)C(=O)OCC. The Morgan fingerprint density at radius 1 is 1.30 bits per heavy atom. The normalized spacial score (nSPS) is 12.0. The maximum atomic E-state index is 12.0. The molecule has 1 unspecified atom stereocenters. The van der Waals surface area contributed by atoms with Crippen LogP contribution in [0.5, 0.6) is 0 Å². The fraction of sp³-hybridized carbons (Fsp3) is 0.562. The van der Waals surface area contributed by atoms with Crippen molar-refractivity contribution in [3.05, 3.63) is 29.8 Å². The quantitative estimate of drug-likeness (QED) is 0.741. The van der Waals surface area contributed by atoms with E-state index in [2.05, 4.69) is 48.3 Å². The highest BCUT2D eigenvalue weighted by molar-refractivity contribution is 5.76. The Kier molecular flexibility index (Phi) is 7.09. The Labute approximate surface area is 122 Å². The van der Waals surface area contributed by atoms with Gasteiger partial charge in [0.05, 0.1) is 6.61 Å². The molecule has 20 heavy (non-hydrogen) atoms. The van der Waals surface area contributed by atoms with Crippen LogP contribution in [0.25, 0.3) is 0 Å². The van der Waals surface area contributed by atoms with Crippen LogP contribution in [0.3, 0.4) is 0 Å². The summed E-state index contributed by atoms with van der Waals surface area (Å²) in [5.41, 5.74) is 2.33. The van der Waals surface area contributed by atoms with Gasteiger partial charge >= 0.3 is 5.97 Å². The second-order valence-electron chi connectivity index (χ2n) is 4.97. The molecule has 0 saturated carbocycles. The third-order valence-corrected chi connectivity index (χ3v) is 3.14. The number of likely N-dealkylation sites (N-methyl/N-ethyl adjacent to an activating group) is 1. The zero-order valence-corrected chi connectivity index (χ0v) is 13.0. The molecule has 4 nitrogen and oxygen atoms in total. The van der Waals surface area contributed by atoms with Crippen LogP contribution in [-0.2, 0) is 9.53 Å². The van der Waals surface area contributed by atoms with E-state index in [4.69, 9.17) is 4.74 Å². The molecule has 4 heteroatoms. The highest BCUT2D eigenvalue weighted by Gasteiger charge is 2.20. The minimum atomic E-state index is -0.291. The molecule has 1 N–H and O–H groups in total. The molecular weight excluding hydrogens is 252 g/mol. The molecule has 0 aromatic heterocycles. The van der Waals surface area contributed by atoms with Crippen molar-refractivity contribution >= 4 is 11.7 Å². The second-order valence-corrected chi connectivity index (χ2v) is 4.97. The molecular formula is C16H26N2O2. The zero-order chi connectivity index (χ0) is 15.0. The maximum absolute atomic E-state index is 12.0. The number of carbonyl (C=O) groups is 1. The molecule has 0 fully saturated rings. The molecule has 0 aliphatic rings. The lowest BCUT2D eigenvalue weighted by atomic mass is 10.2. The average molecular weight is 278 g/mol.